The van der Waals surface area contributed by atoms with Crippen molar-refractivity contribution in [3.63, 3.8) is 0 Å². The molecule has 1 aromatic rings. The fraction of sp³-hybridized carbons (Fsp3) is 0.462. The van der Waals surface area contributed by atoms with Crippen molar-refractivity contribution in [1.29, 1.82) is 0 Å². The Morgan fingerprint density at radius 2 is 2.41 bits per heavy atom. The Morgan fingerprint density at radius 1 is 1.59 bits per heavy atom. The minimum Gasteiger partial charge on any atom is -0.389 e. The largest absolute Gasteiger partial charge is 0.389 e. The third kappa shape index (κ3) is 3.05. The van der Waals surface area contributed by atoms with Crippen molar-refractivity contribution in [1.82, 2.24) is 0 Å². The van der Waals surface area contributed by atoms with Gasteiger partial charge in [0.15, 0.2) is 0 Å². The number of aliphatic hydroxyl groups is 1. The predicted molar refractivity (Wildman–Crippen MR) is 64.7 cm³/mol. The zero-order valence-corrected chi connectivity index (χ0v) is 9.85. The molecule has 0 bridgehead atoms. The van der Waals surface area contributed by atoms with Crippen LogP contribution >= 0.6 is 0 Å². The summed E-state index contributed by atoms with van der Waals surface area (Å²) in [6.07, 6.45) is 0.855. The molecule has 0 aliphatic carbocycles. The molecule has 92 valence electrons. The molecular weight excluding hydrogens is 218 g/mol. The topological polar surface area (TPSA) is 58.6 Å². The lowest BCUT2D eigenvalue weighted by Gasteiger charge is -2.12. The van der Waals surface area contributed by atoms with Gasteiger partial charge in [-0.05, 0) is 37.5 Å². The third-order valence-corrected chi connectivity index (χ3v) is 2.86. The Kier molecular flexibility index (Phi) is 3.76. The number of carbonyl (C=O) groups is 1. The van der Waals surface area contributed by atoms with E-state index in [0.29, 0.717) is 12.3 Å². The van der Waals surface area contributed by atoms with E-state index in [1.165, 1.54) is 0 Å². The first-order valence-corrected chi connectivity index (χ1v) is 5.87. The quantitative estimate of drug-likeness (QED) is 0.840. The maximum Gasteiger partial charge on any atom is 0.253 e. The van der Waals surface area contributed by atoms with Crippen molar-refractivity contribution in [3.8, 4) is 0 Å². The average Bonchev–Trinajstić information content (AvgIpc) is 2.82. The number of rotatable bonds is 3. The van der Waals surface area contributed by atoms with Crippen molar-refractivity contribution in [3.05, 3.63) is 29.8 Å². The smallest absolute Gasteiger partial charge is 0.253 e. The van der Waals surface area contributed by atoms with Gasteiger partial charge >= 0.3 is 0 Å². The number of hydrogen-bond acceptors (Lipinski definition) is 3. The fourth-order valence-electron chi connectivity index (χ4n) is 1.88. The maximum absolute atomic E-state index is 11.8. The number of anilines is 1. The summed E-state index contributed by atoms with van der Waals surface area (Å²) in [7, 11) is 0. The molecule has 4 nitrogen and oxygen atoms in total. The molecule has 2 rings (SSSR count). The molecule has 0 spiro atoms. The Hall–Kier alpha value is -1.39. The Balaban J connectivity index is 2.02. The third-order valence-electron chi connectivity index (χ3n) is 2.86. The number of amides is 1. The number of ether oxygens (including phenoxy) is 1. The molecule has 1 saturated heterocycles. The standard InChI is InChI=1S/C13H17NO3/c1-9(15)10-4-2-5-11(8-10)14-13(16)12-6-3-7-17-12/h2,4-5,8-9,12,15H,3,6-7H2,1H3,(H,14,16)/t9-,12-/m0/s1. The van der Waals surface area contributed by atoms with Gasteiger partial charge in [0.2, 0.25) is 0 Å². The zero-order valence-electron chi connectivity index (χ0n) is 9.85. The van der Waals surface area contributed by atoms with E-state index >= 15 is 0 Å². The highest BCUT2D eigenvalue weighted by atomic mass is 16.5. The summed E-state index contributed by atoms with van der Waals surface area (Å²) in [6, 6.07) is 7.22. The molecule has 1 fully saturated rings. The molecule has 1 amide bonds. The van der Waals surface area contributed by atoms with E-state index in [0.717, 1.165) is 18.4 Å². The van der Waals surface area contributed by atoms with Gasteiger partial charge in [0.05, 0.1) is 6.10 Å². The molecule has 0 saturated carbocycles. The minimum absolute atomic E-state index is 0.106. The molecule has 1 aliphatic rings. The molecular formula is C13H17NO3. The first-order chi connectivity index (χ1) is 8.16. The highest BCUT2D eigenvalue weighted by molar-refractivity contribution is 5.94. The van der Waals surface area contributed by atoms with Crippen LogP contribution < -0.4 is 5.32 Å². The summed E-state index contributed by atoms with van der Waals surface area (Å²) in [5.74, 6) is -0.106. The van der Waals surface area contributed by atoms with E-state index in [2.05, 4.69) is 5.32 Å². The highest BCUT2D eigenvalue weighted by Crippen LogP contribution is 2.19. The maximum atomic E-state index is 11.8. The second-order valence-corrected chi connectivity index (χ2v) is 4.29. The van der Waals surface area contributed by atoms with Crippen LogP contribution in [0.3, 0.4) is 0 Å². The molecule has 0 radical (unpaired) electrons. The van der Waals surface area contributed by atoms with Gasteiger partial charge in [-0.3, -0.25) is 4.79 Å². The lowest BCUT2D eigenvalue weighted by Crippen LogP contribution is -2.26. The monoisotopic (exact) mass is 235 g/mol. The van der Waals surface area contributed by atoms with Gasteiger partial charge in [-0.1, -0.05) is 12.1 Å². The molecule has 1 aliphatic heterocycles. The summed E-state index contributed by atoms with van der Waals surface area (Å²) < 4.78 is 5.30. The normalized spacial score (nSPS) is 21.2. The highest BCUT2D eigenvalue weighted by Gasteiger charge is 2.23. The van der Waals surface area contributed by atoms with Crippen LogP contribution in [0.4, 0.5) is 5.69 Å². The fourth-order valence-corrected chi connectivity index (χ4v) is 1.88. The second kappa shape index (κ2) is 5.29. The Bertz CT molecular complexity index is 397. The number of carbonyl (C=O) groups excluding carboxylic acids is 1. The summed E-state index contributed by atoms with van der Waals surface area (Å²) in [5.41, 5.74) is 1.49. The van der Waals surface area contributed by atoms with E-state index in [4.69, 9.17) is 4.74 Å². The van der Waals surface area contributed by atoms with Crippen molar-refractivity contribution in [2.24, 2.45) is 0 Å². The van der Waals surface area contributed by atoms with Crippen LogP contribution in [0.25, 0.3) is 0 Å². The van der Waals surface area contributed by atoms with E-state index in [-0.39, 0.29) is 12.0 Å². The molecule has 0 unspecified atom stereocenters. The van der Waals surface area contributed by atoms with Crippen molar-refractivity contribution in [2.75, 3.05) is 11.9 Å². The number of nitrogens with one attached hydrogen (secondary N) is 1. The van der Waals surface area contributed by atoms with E-state index in [9.17, 15) is 9.90 Å². The Labute approximate surface area is 101 Å². The Morgan fingerprint density at radius 3 is 3.06 bits per heavy atom. The van der Waals surface area contributed by atoms with Gasteiger partial charge in [0.1, 0.15) is 6.10 Å². The van der Waals surface area contributed by atoms with Gasteiger partial charge in [-0.25, -0.2) is 0 Å². The van der Waals surface area contributed by atoms with Crippen molar-refractivity contribution < 1.29 is 14.6 Å². The lowest BCUT2D eigenvalue weighted by molar-refractivity contribution is -0.124. The van der Waals surface area contributed by atoms with Crippen LogP contribution in [0.5, 0.6) is 0 Å². The number of benzene rings is 1. The lowest BCUT2D eigenvalue weighted by atomic mass is 10.1. The first kappa shape index (κ1) is 12.1. The van der Waals surface area contributed by atoms with Gasteiger partial charge in [0, 0.05) is 12.3 Å². The zero-order chi connectivity index (χ0) is 12.3. The molecule has 0 aromatic heterocycles. The average molecular weight is 235 g/mol. The van der Waals surface area contributed by atoms with E-state index in [1.807, 2.05) is 12.1 Å². The number of aliphatic hydroxyl groups excluding tert-OH is 1. The van der Waals surface area contributed by atoms with E-state index < -0.39 is 6.10 Å². The van der Waals surface area contributed by atoms with Gasteiger partial charge in [0.25, 0.3) is 5.91 Å². The van der Waals surface area contributed by atoms with Crippen molar-refractivity contribution >= 4 is 11.6 Å². The summed E-state index contributed by atoms with van der Waals surface area (Å²) in [5, 5.41) is 12.3. The molecule has 17 heavy (non-hydrogen) atoms. The molecule has 2 atom stereocenters. The van der Waals surface area contributed by atoms with Gasteiger partial charge in [-0.15, -0.1) is 0 Å². The summed E-state index contributed by atoms with van der Waals surface area (Å²) in [4.78, 5) is 11.8. The van der Waals surface area contributed by atoms with Crippen LogP contribution in [0.1, 0.15) is 31.4 Å². The second-order valence-electron chi connectivity index (χ2n) is 4.29. The molecule has 1 aromatic carbocycles. The van der Waals surface area contributed by atoms with Crippen LogP contribution in [0.15, 0.2) is 24.3 Å². The minimum atomic E-state index is -0.533. The van der Waals surface area contributed by atoms with Crippen LogP contribution in [-0.2, 0) is 9.53 Å². The van der Waals surface area contributed by atoms with E-state index in [1.54, 1.807) is 19.1 Å². The SMILES string of the molecule is C[C@H](O)c1cccc(NC(=O)[C@@H]2CCCO2)c1. The van der Waals surface area contributed by atoms with Crippen LogP contribution in [-0.4, -0.2) is 23.7 Å². The van der Waals surface area contributed by atoms with Crippen molar-refractivity contribution in [2.45, 2.75) is 32.0 Å². The van der Waals surface area contributed by atoms with Gasteiger partial charge < -0.3 is 15.2 Å². The molecule has 2 N–H and O–H groups in total. The first-order valence-electron chi connectivity index (χ1n) is 5.87. The van der Waals surface area contributed by atoms with Gasteiger partial charge in [-0.2, -0.15) is 0 Å². The number of hydrogen-bond donors (Lipinski definition) is 2. The molecule has 1 heterocycles. The molecule has 4 heteroatoms. The van der Waals surface area contributed by atoms with Crippen LogP contribution in [0, 0.1) is 0 Å². The summed E-state index contributed by atoms with van der Waals surface area (Å²) in [6.45, 7) is 2.35. The van der Waals surface area contributed by atoms with Crippen LogP contribution in [0.2, 0.25) is 0 Å². The predicted octanol–water partition coefficient (Wildman–Crippen LogP) is 1.86. The summed E-state index contributed by atoms with van der Waals surface area (Å²) >= 11 is 0.